The Morgan fingerprint density at radius 2 is 2.29 bits per heavy atom. The molecule has 0 atom stereocenters. The predicted octanol–water partition coefficient (Wildman–Crippen LogP) is 2.84. The van der Waals surface area contributed by atoms with E-state index in [-0.39, 0.29) is 17.8 Å². The van der Waals surface area contributed by atoms with Crippen molar-refractivity contribution in [3.05, 3.63) is 56.2 Å². The second-order valence-corrected chi connectivity index (χ2v) is 5.03. The number of benzene rings is 1. The van der Waals surface area contributed by atoms with Gasteiger partial charge in [0.05, 0.1) is 22.1 Å². The van der Waals surface area contributed by atoms with Crippen LogP contribution in [0.15, 0.2) is 33.3 Å². The Kier molecular flexibility index (Phi) is 4.69. The molecule has 0 unspecified atom stereocenters. The van der Waals surface area contributed by atoms with E-state index in [0.29, 0.717) is 10.4 Å². The molecule has 1 heterocycles. The van der Waals surface area contributed by atoms with Gasteiger partial charge in [0.15, 0.2) is 0 Å². The lowest BCUT2D eigenvalue weighted by molar-refractivity contribution is -0.385. The molecule has 1 amide bonds. The molecule has 1 aromatic heterocycles. The Bertz CT molecular complexity index is 684. The van der Waals surface area contributed by atoms with E-state index in [1.54, 1.807) is 6.20 Å². The van der Waals surface area contributed by atoms with Crippen LogP contribution >= 0.6 is 15.9 Å². The van der Waals surface area contributed by atoms with Crippen LogP contribution in [0.2, 0.25) is 0 Å². The van der Waals surface area contributed by atoms with Crippen LogP contribution in [0.25, 0.3) is 0 Å². The third-order valence-electron chi connectivity index (χ3n) is 2.76. The number of halogens is 1. The first-order valence-electron chi connectivity index (χ1n) is 6.17. The number of nitro groups is 1. The molecule has 0 aliphatic rings. The van der Waals surface area contributed by atoms with Crippen molar-refractivity contribution in [3.8, 4) is 0 Å². The largest absolute Gasteiger partial charge is 0.444 e. The third-order valence-corrected chi connectivity index (χ3v) is 3.43. The molecule has 0 aliphatic carbocycles. The van der Waals surface area contributed by atoms with Gasteiger partial charge in [-0.3, -0.25) is 14.9 Å². The van der Waals surface area contributed by atoms with Crippen molar-refractivity contribution in [3.63, 3.8) is 0 Å². The molecule has 0 aliphatic heterocycles. The van der Waals surface area contributed by atoms with E-state index in [4.69, 9.17) is 4.42 Å². The summed E-state index contributed by atoms with van der Waals surface area (Å²) in [6.07, 6.45) is 2.33. The van der Waals surface area contributed by atoms with Gasteiger partial charge in [-0.05, 0) is 28.1 Å². The fourth-order valence-electron chi connectivity index (χ4n) is 1.64. The molecular weight excluding hydrogens is 342 g/mol. The molecule has 0 radical (unpaired) electrons. The number of hydrogen-bond acceptors (Lipinski definition) is 5. The third kappa shape index (κ3) is 3.66. The molecule has 2 rings (SSSR count). The summed E-state index contributed by atoms with van der Waals surface area (Å²) in [4.78, 5) is 26.3. The molecule has 21 heavy (non-hydrogen) atoms. The van der Waals surface area contributed by atoms with Gasteiger partial charge < -0.3 is 9.73 Å². The molecule has 1 aromatic carbocycles. The zero-order chi connectivity index (χ0) is 15.4. The van der Waals surface area contributed by atoms with Crippen LogP contribution < -0.4 is 5.32 Å². The van der Waals surface area contributed by atoms with Gasteiger partial charge in [-0.2, -0.15) is 0 Å². The summed E-state index contributed by atoms with van der Waals surface area (Å²) >= 11 is 3.07. The van der Waals surface area contributed by atoms with E-state index >= 15 is 0 Å². The lowest BCUT2D eigenvalue weighted by Crippen LogP contribution is -2.23. The molecule has 110 valence electrons. The molecule has 0 saturated heterocycles. The maximum atomic E-state index is 12.0. The lowest BCUT2D eigenvalue weighted by atomic mass is 10.2. The minimum absolute atomic E-state index is 0.128. The van der Waals surface area contributed by atoms with Crippen LogP contribution in [0.1, 0.15) is 28.9 Å². The molecule has 2 aromatic rings. The smallest absolute Gasteiger partial charge is 0.284 e. The summed E-state index contributed by atoms with van der Waals surface area (Å²) in [6.45, 7) is 2.06. The molecule has 0 spiro atoms. The van der Waals surface area contributed by atoms with E-state index in [9.17, 15) is 14.9 Å². The van der Waals surface area contributed by atoms with Crippen LogP contribution in [0.5, 0.6) is 0 Å². The topological polar surface area (TPSA) is 98.3 Å². The van der Waals surface area contributed by atoms with Crippen LogP contribution in [0, 0.1) is 10.1 Å². The molecule has 0 saturated carbocycles. The van der Waals surface area contributed by atoms with Gasteiger partial charge in [-0.15, -0.1) is 0 Å². The van der Waals surface area contributed by atoms with Gasteiger partial charge in [0.2, 0.25) is 5.89 Å². The Labute approximate surface area is 128 Å². The van der Waals surface area contributed by atoms with Gasteiger partial charge in [-0.25, -0.2) is 4.98 Å². The highest BCUT2D eigenvalue weighted by atomic mass is 79.9. The molecule has 1 N–H and O–H groups in total. The average Bonchev–Trinajstić information content (AvgIpc) is 2.93. The zero-order valence-corrected chi connectivity index (χ0v) is 12.7. The van der Waals surface area contributed by atoms with Crippen LogP contribution in [0.4, 0.5) is 5.69 Å². The van der Waals surface area contributed by atoms with Crippen molar-refractivity contribution in [2.75, 3.05) is 0 Å². The van der Waals surface area contributed by atoms with Gasteiger partial charge in [-0.1, -0.05) is 6.92 Å². The van der Waals surface area contributed by atoms with Crippen molar-refractivity contribution in [2.24, 2.45) is 0 Å². The Morgan fingerprint density at radius 1 is 1.52 bits per heavy atom. The van der Waals surface area contributed by atoms with Crippen LogP contribution in [-0.4, -0.2) is 15.8 Å². The van der Waals surface area contributed by atoms with Crippen molar-refractivity contribution in [1.82, 2.24) is 10.3 Å². The van der Waals surface area contributed by atoms with Crippen molar-refractivity contribution >= 4 is 27.5 Å². The second-order valence-electron chi connectivity index (χ2n) is 4.18. The molecule has 7 nitrogen and oxygen atoms in total. The summed E-state index contributed by atoms with van der Waals surface area (Å²) < 4.78 is 5.68. The summed E-state index contributed by atoms with van der Waals surface area (Å²) in [7, 11) is 0. The van der Waals surface area contributed by atoms with Crippen LogP contribution in [0.3, 0.4) is 0 Å². The lowest BCUT2D eigenvalue weighted by Gasteiger charge is -2.03. The minimum atomic E-state index is -0.553. The van der Waals surface area contributed by atoms with Gasteiger partial charge >= 0.3 is 0 Å². The standard InChI is InChI=1S/C13H12BrN3O4/c1-2-9-6-15-12(21-9)7-16-13(18)8-3-4-10(14)11(5-8)17(19)20/h3-6H,2,7H2,1H3,(H,16,18). The monoisotopic (exact) mass is 353 g/mol. The first-order chi connectivity index (χ1) is 10.0. The SMILES string of the molecule is CCc1cnc(CNC(=O)c2ccc(Br)c([N+](=O)[O-])c2)o1. The van der Waals surface area contributed by atoms with E-state index < -0.39 is 10.8 Å². The summed E-state index contributed by atoms with van der Waals surface area (Å²) in [5.41, 5.74) is 0.0409. The molecule has 8 heteroatoms. The van der Waals surface area contributed by atoms with E-state index in [1.165, 1.54) is 18.2 Å². The van der Waals surface area contributed by atoms with E-state index in [1.807, 2.05) is 6.92 Å². The number of nitrogens with one attached hydrogen (secondary N) is 1. The van der Waals surface area contributed by atoms with Gasteiger partial charge in [0.25, 0.3) is 11.6 Å². The second kappa shape index (κ2) is 6.49. The van der Waals surface area contributed by atoms with E-state index in [0.717, 1.165) is 12.2 Å². The minimum Gasteiger partial charge on any atom is -0.444 e. The predicted molar refractivity (Wildman–Crippen MR) is 77.8 cm³/mol. The number of oxazole rings is 1. The van der Waals surface area contributed by atoms with Crippen LogP contribution in [-0.2, 0) is 13.0 Å². The highest BCUT2D eigenvalue weighted by molar-refractivity contribution is 9.10. The fourth-order valence-corrected chi connectivity index (χ4v) is 2.04. The Balaban J connectivity index is 2.06. The number of hydrogen-bond donors (Lipinski definition) is 1. The Hall–Kier alpha value is -2.22. The summed E-state index contributed by atoms with van der Waals surface area (Å²) in [5, 5.41) is 13.4. The average molecular weight is 354 g/mol. The highest BCUT2D eigenvalue weighted by Crippen LogP contribution is 2.25. The number of amides is 1. The highest BCUT2D eigenvalue weighted by Gasteiger charge is 2.16. The number of aryl methyl sites for hydroxylation is 1. The maximum Gasteiger partial charge on any atom is 0.284 e. The first-order valence-corrected chi connectivity index (χ1v) is 6.96. The number of nitrogens with zero attached hydrogens (tertiary/aromatic N) is 2. The number of carbonyl (C=O) groups is 1. The maximum absolute atomic E-state index is 12.0. The van der Waals surface area contributed by atoms with Crippen molar-refractivity contribution in [2.45, 2.75) is 19.9 Å². The zero-order valence-electron chi connectivity index (χ0n) is 11.1. The molecule has 0 fully saturated rings. The number of aromatic nitrogens is 1. The number of nitro benzene ring substituents is 1. The fraction of sp³-hybridized carbons (Fsp3) is 0.231. The summed E-state index contributed by atoms with van der Waals surface area (Å²) in [5.74, 6) is 0.701. The molecule has 0 bridgehead atoms. The number of carbonyl (C=O) groups excluding carboxylic acids is 1. The summed E-state index contributed by atoms with van der Waals surface area (Å²) in [6, 6.07) is 4.18. The Morgan fingerprint density at radius 3 is 2.90 bits per heavy atom. The van der Waals surface area contributed by atoms with E-state index in [2.05, 4.69) is 26.2 Å². The molecular formula is C13H12BrN3O4. The van der Waals surface area contributed by atoms with Gasteiger partial charge in [0, 0.05) is 18.1 Å². The quantitative estimate of drug-likeness (QED) is 0.658. The van der Waals surface area contributed by atoms with Gasteiger partial charge in [0.1, 0.15) is 5.76 Å². The van der Waals surface area contributed by atoms with Crippen molar-refractivity contribution < 1.29 is 14.1 Å². The normalized spacial score (nSPS) is 10.4. The first kappa shape index (κ1) is 15.2. The van der Waals surface area contributed by atoms with Crippen molar-refractivity contribution in [1.29, 1.82) is 0 Å². The number of rotatable bonds is 5.